The molecule has 0 unspecified atom stereocenters. The number of phenolic OH excluding ortho intramolecular Hbond substituents is 1. The van der Waals surface area contributed by atoms with Gasteiger partial charge < -0.3 is 14.4 Å². The van der Waals surface area contributed by atoms with Gasteiger partial charge in [-0.25, -0.2) is 4.79 Å². The number of ether oxygens (including phenoxy) is 1. The van der Waals surface area contributed by atoms with Crippen LogP contribution in [0, 0.1) is 13.8 Å². The molecule has 3 rings (SSSR count). The fourth-order valence-electron chi connectivity index (χ4n) is 2.34. The minimum Gasteiger partial charge on any atom is -0.506 e. The summed E-state index contributed by atoms with van der Waals surface area (Å²) in [6, 6.07) is 10.6. The van der Waals surface area contributed by atoms with E-state index in [9.17, 15) is 9.90 Å². The van der Waals surface area contributed by atoms with Crippen LogP contribution in [-0.4, -0.2) is 16.2 Å². The van der Waals surface area contributed by atoms with Crippen molar-refractivity contribution in [1.29, 1.82) is 0 Å². The molecule has 1 aromatic heterocycles. The lowest BCUT2D eigenvalue weighted by atomic mass is 10.1. The van der Waals surface area contributed by atoms with E-state index in [4.69, 9.17) is 9.26 Å². The van der Waals surface area contributed by atoms with Crippen molar-refractivity contribution in [3.05, 3.63) is 59.0 Å². The Balaban J connectivity index is 1.85. The van der Waals surface area contributed by atoms with E-state index in [-0.39, 0.29) is 17.9 Å². The number of phenols is 1. The van der Waals surface area contributed by atoms with Gasteiger partial charge in [-0.15, -0.1) is 0 Å². The fourth-order valence-corrected chi connectivity index (χ4v) is 2.34. The molecule has 0 fully saturated rings. The van der Waals surface area contributed by atoms with Crippen LogP contribution in [0.5, 0.6) is 5.75 Å². The molecule has 0 atom stereocenters. The summed E-state index contributed by atoms with van der Waals surface area (Å²) < 4.78 is 10.3. The second-order valence-electron chi connectivity index (χ2n) is 5.06. The molecular formula is C17H15NO4. The number of fused-ring (bicyclic) bond motifs is 1. The predicted octanol–water partition coefficient (Wildman–Crippen LogP) is 3.51. The number of benzene rings is 2. The molecule has 0 aliphatic carbocycles. The lowest BCUT2D eigenvalue weighted by Gasteiger charge is -2.08. The molecule has 0 aliphatic rings. The van der Waals surface area contributed by atoms with Crippen LogP contribution in [-0.2, 0) is 11.3 Å². The third-order valence-corrected chi connectivity index (χ3v) is 3.65. The summed E-state index contributed by atoms with van der Waals surface area (Å²) in [5.41, 5.74) is 1.58. The number of aromatic hydroxyl groups is 1. The molecule has 0 bridgehead atoms. The highest BCUT2D eigenvalue weighted by atomic mass is 16.5. The first kappa shape index (κ1) is 14.1. The molecule has 2 aromatic carbocycles. The quantitative estimate of drug-likeness (QED) is 0.749. The van der Waals surface area contributed by atoms with Gasteiger partial charge in [0.2, 0.25) is 0 Å². The summed E-state index contributed by atoms with van der Waals surface area (Å²) in [5, 5.41) is 15.5. The van der Waals surface area contributed by atoms with Gasteiger partial charge in [-0.1, -0.05) is 35.5 Å². The lowest BCUT2D eigenvalue weighted by molar-refractivity contribution is 0.0468. The van der Waals surface area contributed by atoms with Crippen molar-refractivity contribution >= 4 is 16.7 Å². The first-order chi connectivity index (χ1) is 10.6. The third-order valence-electron chi connectivity index (χ3n) is 3.65. The van der Waals surface area contributed by atoms with E-state index in [1.807, 2.05) is 12.1 Å². The normalized spacial score (nSPS) is 10.8. The van der Waals surface area contributed by atoms with Gasteiger partial charge in [-0.3, -0.25) is 0 Å². The summed E-state index contributed by atoms with van der Waals surface area (Å²) in [6.07, 6.45) is 0. The van der Waals surface area contributed by atoms with Crippen molar-refractivity contribution in [2.75, 3.05) is 0 Å². The zero-order chi connectivity index (χ0) is 15.7. The summed E-state index contributed by atoms with van der Waals surface area (Å²) in [6.45, 7) is 3.61. The standard InChI is InChI=1S/C17H15NO4/c1-10-15(11(2)22-18-10)9-21-17(20)14-8-7-12-5-3-4-6-13(12)16(14)19/h3-8,19H,9H2,1-2H3. The molecule has 3 aromatic rings. The van der Waals surface area contributed by atoms with Crippen LogP contribution in [0.1, 0.15) is 27.4 Å². The molecule has 0 amide bonds. The second kappa shape index (κ2) is 5.52. The van der Waals surface area contributed by atoms with Crippen LogP contribution in [0.25, 0.3) is 10.8 Å². The SMILES string of the molecule is Cc1noc(C)c1COC(=O)c1ccc2ccccc2c1O. The second-order valence-corrected chi connectivity index (χ2v) is 5.06. The van der Waals surface area contributed by atoms with Gasteiger partial charge in [0.1, 0.15) is 23.7 Å². The number of hydrogen-bond donors (Lipinski definition) is 1. The van der Waals surface area contributed by atoms with Crippen molar-refractivity contribution in [2.24, 2.45) is 0 Å². The van der Waals surface area contributed by atoms with Crippen LogP contribution in [0.2, 0.25) is 0 Å². The fraction of sp³-hybridized carbons (Fsp3) is 0.176. The Morgan fingerprint density at radius 1 is 1.23 bits per heavy atom. The molecule has 0 radical (unpaired) electrons. The first-order valence-electron chi connectivity index (χ1n) is 6.87. The zero-order valence-electron chi connectivity index (χ0n) is 12.3. The van der Waals surface area contributed by atoms with Crippen molar-refractivity contribution in [2.45, 2.75) is 20.5 Å². The van der Waals surface area contributed by atoms with E-state index >= 15 is 0 Å². The monoisotopic (exact) mass is 297 g/mol. The number of aryl methyl sites for hydroxylation is 2. The van der Waals surface area contributed by atoms with Gasteiger partial charge in [0, 0.05) is 5.39 Å². The van der Waals surface area contributed by atoms with Gasteiger partial charge in [-0.2, -0.15) is 0 Å². The van der Waals surface area contributed by atoms with E-state index in [0.717, 1.165) is 10.9 Å². The highest BCUT2D eigenvalue weighted by molar-refractivity contribution is 6.01. The van der Waals surface area contributed by atoms with Crippen molar-refractivity contribution in [3.63, 3.8) is 0 Å². The van der Waals surface area contributed by atoms with Gasteiger partial charge in [0.25, 0.3) is 0 Å². The Morgan fingerprint density at radius 2 is 2.00 bits per heavy atom. The average molecular weight is 297 g/mol. The Labute approximate surface area is 127 Å². The largest absolute Gasteiger partial charge is 0.506 e. The Kier molecular flexibility index (Phi) is 3.55. The molecule has 1 N–H and O–H groups in total. The van der Waals surface area contributed by atoms with E-state index in [1.165, 1.54) is 0 Å². The van der Waals surface area contributed by atoms with Crippen LogP contribution in [0.4, 0.5) is 0 Å². The molecule has 1 heterocycles. The minimum absolute atomic E-state index is 0.0618. The highest BCUT2D eigenvalue weighted by Gasteiger charge is 2.17. The summed E-state index contributed by atoms with van der Waals surface area (Å²) in [4.78, 5) is 12.2. The van der Waals surface area contributed by atoms with E-state index in [2.05, 4.69) is 5.16 Å². The molecule has 0 saturated heterocycles. The van der Waals surface area contributed by atoms with E-state index in [1.54, 1.807) is 38.1 Å². The lowest BCUT2D eigenvalue weighted by Crippen LogP contribution is -2.06. The van der Waals surface area contributed by atoms with Gasteiger partial charge >= 0.3 is 5.97 Å². The Bertz CT molecular complexity index is 831. The minimum atomic E-state index is -0.580. The van der Waals surface area contributed by atoms with Crippen molar-refractivity contribution in [1.82, 2.24) is 5.16 Å². The first-order valence-corrected chi connectivity index (χ1v) is 6.87. The van der Waals surface area contributed by atoms with E-state index in [0.29, 0.717) is 16.8 Å². The van der Waals surface area contributed by atoms with E-state index < -0.39 is 5.97 Å². The molecular weight excluding hydrogens is 282 g/mol. The number of carbonyl (C=O) groups excluding carboxylic acids is 1. The molecule has 112 valence electrons. The van der Waals surface area contributed by atoms with Crippen LogP contribution in [0.15, 0.2) is 40.9 Å². The Morgan fingerprint density at radius 3 is 2.73 bits per heavy atom. The smallest absolute Gasteiger partial charge is 0.342 e. The molecule has 22 heavy (non-hydrogen) atoms. The zero-order valence-corrected chi connectivity index (χ0v) is 12.3. The van der Waals surface area contributed by atoms with Gasteiger partial charge in [0.05, 0.1) is 11.3 Å². The number of nitrogens with zero attached hydrogens (tertiary/aromatic N) is 1. The number of esters is 1. The van der Waals surface area contributed by atoms with Crippen LogP contribution in [0.3, 0.4) is 0 Å². The highest BCUT2D eigenvalue weighted by Crippen LogP contribution is 2.29. The molecule has 5 nitrogen and oxygen atoms in total. The number of carbonyl (C=O) groups is 1. The van der Waals surface area contributed by atoms with Gasteiger partial charge in [-0.05, 0) is 25.3 Å². The van der Waals surface area contributed by atoms with Crippen LogP contribution >= 0.6 is 0 Å². The van der Waals surface area contributed by atoms with Crippen LogP contribution < -0.4 is 0 Å². The van der Waals surface area contributed by atoms with Gasteiger partial charge in [0.15, 0.2) is 0 Å². The maximum Gasteiger partial charge on any atom is 0.342 e. The molecule has 5 heteroatoms. The average Bonchev–Trinajstić information content (AvgIpc) is 2.84. The third kappa shape index (κ3) is 2.41. The summed E-state index contributed by atoms with van der Waals surface area (Å²) in [5.74, 6) is -0.0295. The van der Waals surface area contributed by atoms with Crippen molar-refractivity contribution in [3.8, 4) is 5.75 Å². The molecule has 0 spiro atoms. The molecule has 0 saturated carbocycles. The summed E-state index contributed by atoms with van der Waals surface area (Å²) in [7, 11) is 0. The summed E-state index contributed by atoms with van der Waals surface area (Å²) >= 11 is 0. The topological polar surface area (TPSA) is 72.6 Å². The number of aromatic nitrogens is 1. The molecule has 0 aliphatic heterocycles. The number of rotatable bonds is 3. The number of hydrogen-bond acceptors (Lipinski definition) is 5. The van der Waals surface area contributed by atoms with Crippen molar-refractivity contribution < 1.29 is 19.2 Å². The maximum atomic E-state index is 12.2. The predicted molar refractivity (Wildman–Crippen MR) is 80.7 cm³/mol. The Hall–Kier alpha value is -2.82. The maximum absolute atomic E-state index is 12.2.